The number of allylic oxidation sites excluding steroid dienone is 7. The van der Waals surface area contributed by atoms with E-state index in [-0.39, 0.29) is 34.1 Å². The fourth-order valence-corrected chi connectivity index (χ4v) is 5.58. The van der Waals surface area contributed by atoms with Crippen LogP contribution in [0.1, 0.15) is 100 Å². The zero-order valence-corrected chi connectivity index (χ0v) is 24.7. The van der Waals surface area contributed by atoms with E-state index in [9.17, 15) is 0 Å². The van der Waals surface area contributed by atoms with E-state index in [1.165, 1.54) is 11.1 Å². The summed E-state index contributed by atoms with van der Waals surface area (Å²) in [4.78, 5) is 0. The van der Waals surface area contributed by atoms with Crippen molar-refractivity contribution in [3.05, 3.63) is 68.0 Å². The van der Waals surface area contributed by atoms with Crippen molar-refractivity contribution in [3.63, 3.8) is 0 Å². The molecular weight excluding hydrogens is 479 g/mol. The summed E-state index contributed by atoms with van der Waals surface area (Å²) >= 11 is 0.418. The molecule has 0 radical (unpaired) electrons. The predicted octanol–water partition coefficient (Wildman–Crippen LogP) is 5.68. The van der Waals surface area contributed by atoms with Crippen LogP contribution in [0.3, 0.4) is 0 Å². The molecule has 2 rings (SSSR count). The van der Waals surface area contributed by atoms with Gasteiger partial charge >= 0.3 is 198 Å². The minimum atomic E-state index is -0.0253. The molecule has 178 valence electrons. The van der Waals surface area contributed by atoms with E-state index in [0.717, 1.165) is 11.5 Å². The molecule has 0 unspecified atom stereocenters. The van der Waals surface area contributed by atoms with E-state index >= 15 is 0 Å². The topological polar surface area (TPSA) is 11.3 Å². The van der Waals surface area contributed by atoms with Gasteiger partial charge in [0, 0.05) is 0 Å². The van der Waals surface area contributed by atoms with Crippen LogP contribution in [0.15, 0.2) is 55.4 Å². The fraction of sp³-hybridized carbons (Fsp3) is 0.552. The van der Waals surface area contributed by atoms with Gasteiger partial charge in [-0.2, -0.15) is 0 Å². The van der Waals surface area contributed by atoms with Gasteiger partial charge in [0.25, 0.3) is 0 Å². The van der Waals surface area contributed by atoms with E-state index in [2.05, 4.69) is 126 Å². The van der Waals surface area contributed by atoms with Crippen LogP contribution < -0.4 is 12.4 Å². The third kappa shape index (κ3) is 8.05. The summed E-state index contributed by atoms with van der Waals surface area (Å²) in [5.41, 5.74) is 2.85. The monoisotopic (exact) mass is 522 g/mol. The van der Waals surface area contributed by atoms with Gasteiger partial charge in [-0.05, 0) is 0 Å². The van der Waals surface area contributed by atoms with Crippen LogP contribution in [0.2, 0.25) is 0 Å². The third-order valence-electron chi connectivity index (χ3n) is 5.17. The van der Waals surface area contributed by atoms with E-state index in [1.807, 2.05) is 0 Å². The minimum Gasteiger partial charge on any atom is -1.00 e. The van der Waals surface area contributed by atoms with Gasteiger partial charge in [0.1, 0.15) is 0 Å². The Labute approximate surface area is 210 Å². The van der Waals surface area contributed by atoms with Crippen LogP contribution in [-0.2, 0) is 10.8 Å². The molecule has 32 heavy (non-hydrogen) atoms. The molecule has 1 aliphatic heterocycles. The van der Waals surface area contributed by atoms with Crippen molar-refractivity contribution < 1.29 is 16.8 Å². The van der Waals surface area contributed by atoms with Crippen molar-refractivity contribution in [2.45, 2.75) is 93.9 Å². The molecule has 0 fully saturated rings. The molecule has 1 aromatic rings. The third-order valence-corrected chi connectivity index (χ3v) is 9.15. The maximum absolute atomic E-state index is 6.28. The Morgan fingerprint density at radius 2 is 1.06 bits per heavy atom. The molecule has 0 bridgehead atoms. The predicted molar refractivity (Wildman–Crippen MR) is 138 cm³/mol. The van der Waals surface area contributed by atoms with Gasteiger partial charge < -0.3 is 12.4 Å². The number of halogens is 1. The fourth-order valence-electron chi connectivity index (χ4n) is 2.98. The molecule has 0 amide bonds. The molecule has 0 saturated heterocycles. The zero-order valence-electron chi connectivity index (χ0n) is 22.2. The SMILES string of the molecule is CC(C)(C)C1=CC(=C/C=C/c2cc(C(C)(C)C)[o+]c(C(C)(C)C)c2)C=C(C(C)(C)C)[Se]1.[Cl-]. The van der Waals surface area contributed by atoms with Crippen LogP contribution in [0.4, 0.5) is 0 Å². The normalized spacial score (nSPS) is 15.9. The maximum atomic E-state index is 6.28. The summed E-state index contributed by atoms with van der Waals surface area (Å²) in [5.74, 6) is 2.05. The smallest absolute Gasteiger partial charge is 1.00 e. The Hall–Kier alpha value is -1.08. The molecule has 0 saturated carbocycles. The van der Waals surface area contributed by atoms with E-state index in [4.69, 9.17) is 4.42 Å². The number of hydrogen-bond acceptors (Lipinski definition) is 0. The standard InChI is InChI=1S/C29H43OSe.ClH/c1-26(2,3)22-16-20(17-23(30-22)27(4,5)6)14-13-15-21-18-24(28(7,8)9)31-25(19-21)29(10,11)12;/h13-19H,1-12H3;1H/q+1;/p-1/b14-13+;. The Bertz CT molecular complexity index is 869. The van der Waals surface area contributed by atoms with E-state index in [0.29, 0.717) is 15.0 Å². The molecule has 0 spiro atoms. The Morgan fingerprint density at radius 3 is 1.41 bits per heavy atom. The largest absolute Gasteiger partial charge is 1.00 e. The molecule has 1 aromatic heterocycles. The van der Waals surface area contributed by atoms with Crippen LogP contribution in [0, 0.1) is 10.8 Å². The molecule has 0 aliphatic carbocycles. The van der Waals surface area contributed by atoms with Crippen molar-refractivity contribution in [2.75, 3.05) is 0 Å². The van der Waals surface area contributed by atoms with Crippen LogP contribution in [-0.4, -0.2) is 15.0 Å². The Kier molecular flexibility index (Phi) is 9.08. The summed E-state index contributed by atoms with van der Waals surface area (Å²) in [7, 11) is 0. The molecule has 2 heterocycles. The van der Waals surface area contributed by atoms with Crippen molar-refractivity contribution >= 4 is 21.0 Å². The van der Waals surface area contributed by atoms with Crippen molar-refractivity contribution in [2.24, 2.45) is 10.8 Å². The molecule has 0 N–H and O–H groups in total. The van der Waals surface area contributed by atoms with Gasteiger partial charge in [-0.15, -0.1) is 0 Å². The maximum Gasteiger partial charge on any atom is -1.00 e. The number of rotatable bonds is 2. The van der Waals surface area contributed by atoms with Gasteiger partial charge in [0.15, 0.2) is 0 Å². The van der Waals surface area contributed by atoms with Crippen LogP contribution >= 0.6 is 0 Å². The molecule has 1 nitrogen and oxygen atoms in total. The van der Waals surface area contributed by atoms with Crippen LogP contribution in [0.25, 0.3) is 6.08 Å². The van der Waals surface area contributed by atoms with Crippen molar-refractivity contribution in [1.82, 2.24) is 0 Å². The molecular formula is C29H43ClOSe. The molecule has 1 aliphatic rings. The first-order valence-corrected chi connectivity index (χ1v) is 13.1. The average molecular weight is 522 g/mol. The zero-order chi connectivity index (χ0) is 23.8. The van der Waals surface area contributed by atoms with Gasteiger partial charge in [-0.1, -0.05) is 0 Å². The van der Waals surface area contributed by atoms with E-state index < -0.39 is 0 Å². The first-order chi connectivity index (χ1) is 13.9. The quantitative estimate of drug-likeness (QED) is 0.360. The van der Waals surface area contributed by atoms with Gasteiger partial charge in [0.05, 0.1) is 0 Å². The molecule has 3 heteroatoms. The second kappa shape index (κ2) is 10.0. The second-order valence-electron chi connectivity index (χ2n) is 12.8. The first kappa shape index (κ1) is 29.0. The van der Waals surface area contributed by atoms with Crippen LogP contribution in [0.5, 0.6) is 0 Å². The summed E-state index contributed by atoms with van der Waals surface area (Å²) in [5, 5.41) is 0. The van der Waals surface area contributed by atoms with Gasteiger partial charge in [-0.3, -0.25) is 0 Å². The Balaban J connectivity index is 0.00000512. The summed E-state index contributed by atoms with van der Waals surface area (Å²) in [6.07, 6.45) is 11.5. The summed E-state index contributed by atoms with van der Waals surface area (Å²) in [6.45, 7) is 27.2. The second-order valence-corrected chi connectivity index (χ2v) is 15.0. The van der Waals surface area contributed by atoms with Gasteiger partial charge in [-0.25, -0.2) is 0 Å². The summed E-state index contributed by atoms with van der Waals surface area (Å²) in [6, 6.07) is 4.36. The van der Waals surface area contributed by atoms with Gasteiger partial charge in [0.2, 0.25) is 0 Å². The van der Waals surface area contributed by atoms with Crippen molar-refractivity contribution in [1.29, 1.82) is 0 Å². The molecule has 0 aromatic carbocycles. The average Bonchev–Trinajstić information content (AvgIpc) is 2.58. The first-order valence-electron chi connectivity index (χ1n) is 11.4. The Morgan fingerprint density at radius 1 is 0.656 bits per heavy atom. The summed E-state index contributed by atoms with van der Waals surface area (Å²) < 4.78 is 9.41. The molecule has 0 atom stereocenters. The minimum absolute atomic E-state index is 0. The number of hydrogen-bond donors (Lipinski definition) is 0. The van der Waals surface area contributed by atoms with E-state index in [1.54, 1.807) is 8.94 Å². The van der Waals surface area contributed by atoms with Crippen molar-refractivity contribution in [3.8, 4) is 0 Å².